The first kappa shape index (κ1) is 26.4. The van der Waals surface area contributed by atoms with Gasteiger partial charge in [-0.3, -0.25) is 14.2 Å². The summed E-state index contributed by atoms with van der Waals surface area (Å²) in [6, 6.07) is 9.79. The van der Waals surface area contributed by atoms with Gasteiger partial charge in [0.2, 0.25) is 5.91 Å². The van der Waals surface area contributed by atoms with E-state index < -0.39 is 9.84 Å². The van der Waals surface area contributed by atoms with Gasteiger partial charge < -0.3 is 4.90 Å². The molecule has 5 rings (SSSR count). The molecule has 1 aliphatic carbocycles. The van der Waals surface area contributed by atoms with E-state index in [0.717, 1.165) is 40.6 Å². The smallest absolute Gasteiger partial charge is 0.263 e. The molecule has 198 valence electrons. The summed E-state index contributed by atoms with van der Waals surface area (Å²) in [7, 11) is -3.08. The third-order valence-electron chi connectivity index (χ3n) is 7.48. The van der Waals surface area contributed by atoms with Crippen molar-refractivity contribution in [3.63, 3.8) is 0 Å². The molecular formula is C27H33N3O4S3. The maximum absolute atomic E-state index is 13.9. The summed E-state index contributed by atoms with van der Waals surface area (Å²) in [5.41, 5.74) is 2.29. The Morgan fingerprint density at radius 3 is 2.73 bits per heavy atom. The first-order valence-corrected chi connectivity index (χ1v) is 16.6. The van der Waals surface area contributed by atoms with Gasteiger partial charge in [-0.25, -0.2) is 13.4 Å². The Balaban J connectivity index is 1.44. The van der Waals surface area contributed by atoms with E-state index in [4.69, 9.17) is 4.98 Å². The van der Waals surface area contributed by atoms with Gasteiger partial charge in [0.15, 0.2) is 15.0 Å². The molecule has 10 heteroatoms. The zero-order valence-corrected chi connectivity index (χ0v) is 23.8. The molecule has 0 N–H and O–H groups in total. The number of aryl methyl sites for hydroxylation is 2. The molecule has 0 saturated carbocycles. The van der Waals surface area contributed by atoms with Crippen molar-refractivity contribution in [2.45, 2.75) is 63.7 Å². The highest BCUT2D eigenvalue weighted by Gasteiger charge is 2.34. The number of fused-ring (bicyclic) bond motifs is 3. The average Bonchev–Trinajstić information content (AvgIpc) is 3.42. The number of nitrogens with zero attached hydrogens (tertiary/aromatic N) is 3. The fourth-order valence-electron chi connectivity index (χ4n) is 5.47. The van der Waals surface area contributed by atoms with Crippen LogP contribution in [0.15, 0.2) is 40.3 Å². The quantitative estimate of drug-likeness (QED) is 0.307. The molecule has 3 aromatic rings. The minimum absolute atomic E-state index is 0.0165. The van der Waals surface area contributed by atoms with E-state index >= 15 is 0 Å². The van der Waals surface area contributed by atoms with Gasteiger partial charge in [-0.15, -0.1) is 11.3 Å². The summed E-state index contributed by atoms with van der Waals surface area (Å²) >= 11 is 2.91. The lowest BCUT2D eigenvalue weighted by Gasteiger charge is -2.26. The van der Waals surface area contributed by atoms with Crippen LogP contribution in [0.5, 0.6) is 0 Å². The van der Waals surface area contributed by atoms with Crippen LogP contribution in [0.4, 0.5) is 0 Å². The number of thioether (sulfide) groups is 1. The second kappa shape index (κ2) is 10.9. The highest BCUT2D eigenvalue weighted by Crippen LogP contribution is 2.36. The maximum atomic E-state index is 13.9. The number of amides is 1. The molecule has 3 heterocycles. The normalized spacial score (nSPS) is 20.7. The van der Waals surface area contributed by atoms with E-state index in [0.29, 0.717) is 37.0 Å². The lowest BCUT2D eigenvalue weighted by molar-refractivity contribution is -0.129. The molecule has 2 aliphatic rings. The van der Waals surface area contributed by atoms with E-state index in [1.54, 1.807) is 20.8 Å². The minimum Gasteiger partial charge on any atom is -0.338 e. The van der Waals surface area contributed by atoms with Crippen LogP contribution in [0.3, 0.4) is 0 Å². The lowest BCUT2D eigenvalue weighted by Crippen LogP contribution is -2.42. The molecule has 37 heavy (non-hydrogen) atoms. The summed E-state index contributed by atoms with van der Waals surface area (Å²) in [5.74, 6) is 0.774. The third-order valence-corrected chi connectivity index (χ3v) is 11.3. The van der Waals surface area contributed by atoms with Crippen LogP contribution in [-0.4, -0.2) is 58.6 Å². The number of carbonyl (C=O) groups is 1. The number of carbonyl (C=O) groups excluding carboxylic acids is 1. The lowest BCUT2D eigenvalue weighted by atomic mass is 9.89. The summed E-state index contributed by atoms with van der Waals surface area (Å²) in [4.78, 5) is 35.7. The Bertz CT molecular complexity index is 1460. The number of aromatic nitrogens is 2. The second-order valence-corrected chi connectivity index (χ2v) is 14.4. The van der Waals surface area contributed by atoms with Crippen molar-refractivity contribution >= 4 is 49.1 Å². The van der Waals surface area contributed by atoms with E-state index in [-0.39, 0.29) is 34.8 Å². The van der Waals surface area contributed by atoms with Crippen LogP contribution in [0.1, 0.15) is 42.7 Å². The van der Waals surface area contributed by atoms with Crippen molar-refractivity contribution < 1.29 is 13.2 Å². The van der Waals surface area contributed by atoms with Gasteiger partial charge in [-0.05, 0) is 56.1 Å². The van der Waals surface area contributed by atoms with Crippen LogP contribution in [-0.2, 0) is 40.4 Å². The highest BCUT2D eigenvalue weighted by atomic mass is 32.2. The van der Waals surface area contributed by atoms with Gasteiger partial charge in [0.05, 0.1) is 22.6 Å². The highest BCUT2D eigenvalue weighted by molar-refractivity contribution is 7.99. The number of hydrogen-bond donors (Lipinski definition) is 0. The first-order chi connectivity index (χ1) is 17.8. The molecular weight excluding hydrogens is 527 g/mol. The largest absolute Gasteiger partial charge is 0.338 e. The van der Waals surface area contributed by atoms with Crippen LogP contribution < -0.4 is 5.56 Å². The zero-order chi connectivity index (χ0) is 26.2. The molecule has 1 fully saturated rings. The van der Waals surface area contributed by atoms with Crippen LogP contribution in [0, 0.1) is 5.92 Å². The molecule has 0 unspecified atom stereocenters. The Hall–Kier alpha value is -2.17. The van der Waals surface area contributed by atoms with E-state index in [2.05, 4.69) is 19.1 Å². The zero-order valence-electron chi connectivity index (χ0n) is 21.3. The van der Waals surface area contributed by atoms with Crippen molar-refractivity contribution in [2.24, 2.45) is 5.92 Å². The summed E-state index contributed by atoms with van der Waals surface area (Å²) in [6.45, 7) is 5.08. The predicted molar refractivity (Wildman–Crippen MR) is 150 cm³/mol. The molecule has 2 atom stereocenters. The molecule has 7 nitrogen and oxygen atoms in total. The number of benzene rings is 1. The Labute approximate surface area is 226 Å². The fraction of sp³-hybridized carbons (Fsp3) is 0.519. The molecule has 2 aromatic heterocycles. The second-order valence-electron chi connectivity index (χ2n) is 10.1. The predicted octanol–water partition coefficient (Wildman–Crippen LogP) is 3.95. The van der Waals surface area contributed by atoms with Crippen molar-refractivity contribution in [3.8, 4) is 0 Å². The van der Waals surface area contributed by atoms with Gasteiger partial charge in [-0.1, -0.05) is 49.0 Å². The van der Waals surface area contributed by atoms with Gasteiger partial charge in [0, 0.05) is 24.0 Å². The number of rotatable bonds is 8. The third kappa shape index (κ3) is 5.66. The molecule has 1 aromatic carbocycles. The molecule has 1 amide bonds. The minimum atomic E-state index is -3.08. The monoisotopic (exact) mass is 559 g/mol. The van der Waals surface area contributed by atoms with E-state index in [9.17, 15) is 18.0 Å². The van der Waals surface area contributed by atoms with Crippen molar-refractivity contribution in [2.75, 3.05) is 23.8 Å². The van der Waals surface area contributed by atoms with Crippen molar-refractivity contribution in [1.82, 2.24) is 14.5 Å². The molecule has 0 bridgehead atoms. The van der Waals surface area contributed by atoms with Gasteiger partial charge >= 0.3 is 0 Å². The van der Waals surface area contributed by atoms with Crippen molar-refractivity contribution in [1.29, 1.82) is 0 Å². The summed E-state index contributed by atoms with van der Waals surface area (Å²) in [6.07, 6.45) is 4.15. The molecule has 0 spiro atoms. The Morgan fingerprint density at radius 2 is 2.03 bits per heavy atom. The summed E-state index contributed by atoms with van der Waals surface area (Å²) < 4.78 is 25.7. The van der Waals surface area contributed by atoms with Crippen LogP contribution >= 0.6 is 23.1 Å². The van der Waals surface area contributed by atoms with Crippen LogP contribution in [0.25, 0.3) is 10.2 Å². The topological polar surface area (TPSA) is 89.3 Å². The first-order valence-electron chi connectivity index (χ1n) is 13.0. The molecule has 1 saturated heterocycles. The molecule has 1 aliphatic heterocycles. The van der Waals surface area contributed by atoms with Gasteiger partial charge in [-0.2, -0.15) is 0 Å². The van der Waals surface area contributed by atoms with Crippen LogP contribution in [0.2, 0.25) is 0 Å². The van der Waals surface area contributed by atoms with Gasteiger partial charge in [0.25, 0.3) is 5.56 Å². The number of thiophene rings is 1. The Morgan fingerprint density at radius 1 is 1.24 bits per heavy atom. The summed E-state index contributed by atoms with van der Waals surface area (Å²) in [5, 5.41) is 1.31. The van der Waals surface area contributed by atoms with Gasteiger partial charge in [0.1, 0.15) is 4.83 Å². The average molecular weight is 560 g/mol. The number of hydrogen-bond acceptors (Lipinski definition) is 7. The van der Waals surface area contributed by atoms with E-state index in [1.807, 2.05) is 25.1 Å². The Kier molecular flexibility index (Phi) is 7.79. The maximum Gasteiger partial charge on any atom is 0.263 e. The SMILES string of the molecule is CCN(C(=O)CSc1nc2sc3c(c2c(=O)n1CCc1ccccc1)CC[C@H](C)C3)[C@@H]1CCS(=O)(=O)C1. The number of sulfone groups is 1. The van der Waals surface area contributed by atoms with E-state index in [1.165, 1.54) is 16.6 Å². The molecule has 0 radical (unpaired) electrons. The standard InChI is InChI=1S/C27H33N3O4S3/c1-3-29(20-12-14-37(33,34)17-20)23(31)16-35-27-28-25-24(21-10-9-18(2)15-22(21)36-25)26(32)30(27)13-11-19-7-5-4-6-8-19/h4-8,18,20H,3,9-17H2,1-2H3/t18-,20+/m0/s1. The fourth-order valence-corrected chi connectivity index (χ4v) is 9.53. The van der Waals surface area contributed by atoms with Crippen molar-refractivity contribution in [3.05, 3.63) is 56.7 Å².